The summed E-state index contributed by atoms with van der Waals surface area (Å²) in [6, 6.07) is 12.9. The normalized spacial score (nSPS) is 16.6. The van der Waals surface area contributed by atoms with Gasteiger partial charge >= 0.3 is 0 Å². The van der Waals surface area contributed by atoms with E-state index >= 15 is 0 Å². The Kier molecular flexibility index (Phi) is 5.50. The molecule has 2 aliphatic heterocycles. The van der Waals surface area contributed by atoms with Crippen molar-refractivity contribution in [2.45, 2.75) is 19.4 Å². The molecule has 2 heterocycles. The lowest BCUT2D eigenvalue weighted by Gasteiger charge is -2.29. The number of carbonyl (C=O) groups is 2. The fraction of sp³-hybridized carbons (Fsp3) is 0.333. The number of likely N-dealkylation sites (tertiary alicyclic amines) is 1. The van der Waals surface area contributed by atoms with Crippen molar-refractivity contribution in [2.75, 3.05) is 36.5 Å². The third kappa shape index (κ3) is 4.29. The van der Waals surface area contributed by atoms with Crippen LogP contribution in [0.15, 0.2) is 42.5 Å². The van der Waals surface area contributed by atoms with Gasteiger partial charge < -0.3 is 10.1 Å². The van der Waals surface area contributed by atoms with Gasteiger partial charge in [-0.1, -0.05) is 23.7 Å². The number of nitrogens with zero attached hydrogens (tertiary/aromatic N) is 2. The minimum absolute atomic E-state index is 0.0900. The predicted octanol–water partition coefficient (Wildman–Crippen LogP) is 3.30. The topological polar surface area (TPSA) is 61.9 Å². The fourth-order valence-corrected chi connectivity index (χ4v) is 3.81. The van der Waals surface area contributed by atoms with Crippen molar-refractivity contribution in [3.05, 3.63) is 53.1 Å². The standard InChI is InChI=1S/C21H22ClN3O3/c22-16-6-7-19-18(11-16)25(21(27)14-28-19)13-20(26)23-17-5-3-4-15(10-17)12-24-8-1-2-9-24/h3-7,10-11H,1-2,8-9,12-14H2,(H,23,26). The van der Waals surface area contributed by atoms with Crippen molar-refractivity contribution in [3.8, 4) is 5.75 Å². The van der Waals surface area contributed by atoms with E-state index in [1.165, 1.54) is 23.3 Å². The number of hydrogen-bond donors (Lipinski definition) is 1. The van der Waals surface area contributed by atoms with Gasteiger partial charge in [0.05, 0.1) is 5.69 Å². The highest BCUT2D eigenvalue weighted by atomic mass is 35.5. The van der Waals surface area contributed by atoms with E-state index in [1.54, 1.807) is 18.2 Å². The second-order valence-corrected chi connectivity index (χ2v) is 7.55. The zero-order chi connectivity index (χ0) is 19.5. The molecule has 0 radical (unpaired) electrons. The van der Waals surface area contributed by atoms with Crippen molar-refractivity contribution < 1.29 is 14.3 Å². The summed E-state index contributed by atoms with van der Waals surface area (Å²) in [6.07, 6.45) is 2.49. The van der Waals surface area contributed by atoms with Gasteiger partial charge in [-0.25, -0.2) is 0 Å². The molecule has 2 amide bonds. The van der Waals surface area contributed by atoms with E-state index in [0.29, 0.717) is 16.5 Å². The molecule has 0 aromatic heterocycles. The zero-order valence-corrected chi connectivity index (χ0v) is 16.2. The number of nitrogens with one attached hydrogen (secondary N) is 1. The van der Waals surface area contributed by atoms with Crippen LogP contribution in [0.4, 0.5) is 11.4 Å². The fourth-order valence-electron chi connectivity index (χ4n) is 3.64. The predicted molar refractivity (Wildman–Crippen MR) is 109 cm³/mol. The van der Waals surface area contributed by atoms with Crippen LogP contribution in [0.25, 0.3) is 0 Å². The Morgan fingerprint density at radius 3 is 2.79 bits per heavy atom. The molecular weight excluding hydrogens is 378 g/mol. The largest absolute Gasteiger partial charge is 0.482 e. The van der Waals surface area contributed by atoms with Crippen LogP contribution in [0.2, 0.25) is 5.02 Å². The van der Waals surface area contributed by atoms with Crippen molar-refractivity contribution in [3.63, 3.8) is 0 Å². The van der Waals surface area contributed by atoms with E-state index in [0.717, 1.165) is 25.3 Å². The van der Waals surface area contributed by atoms with E-state index in [1.807, 2.05) is 18.2 Å². The molecule has 146 valence electrons. The Balaban J connectivity index is 1.43. The third-order valence-corrected chi connectivity index (χ3v) is 5.22. The van der Waals surface area contributed by atoms with E-state index in [-0.39, 0.29) is 25.0 Å². The molecule has 1 saturated heterocycles. The first-order valence-corrected chi connectivity index (χ1v) is 9.80. The van der Waals surface area contributed by atoms with Crippen molar-refractivity contribution >= 4 is 34.8 Å². The van der Waals surface area contributed by atoms with Gasteiger partial charge in [0.25, 0.3) is 5.91 Å². The van der Waals surface area contributed by atoms with Crippen molar-refractivity contribution in [2.24, 2.45) is 0 Å². The Labute approximate surface area is 169 Å². The summed E-state index contributed by atoms with van der Waals surface area (Å²) in [4.78, 5) is 28.7. The average Bonchev–Trinajstić information content (AvgIpc) is 3.17. The van der Waals surface area contributed by atoms with Crippen LogP contribution in [-0.2, 0) is 16.1 Å². The highest BCUT2D eigenvalue weighted by Crippen LogP contribution is 2.34. The van der Waals surface area contributed by atoms with Crippen LogP contribution in [0, 0.1) is 0 Å². The number of benzene rings is 2. The van der Waals surface area contributed by atoms with Gasteiger partial charge in [-0.15, -0.1) is 0 Å². The van der Waals surface area contributed by atoms with Crippen LogP contribution < -0.4 is 15.0 Å². The average molecular weight is 400 g/mol. The molecule has 0 aliphatic carbocycles. The molecule has 1 N–H and O–H groups in total. The number of anilines is 2. The highest BCUT2D eigenvalue weighted by molar-refractivity contribution is 6.31. The minimum Gasteiger partial charge on any atom is -0.482 e. The lowest BCUT2D eigenvalue weighted by Crippen LogP contribution is -2.43. The van der Waals surface area contributed by atoms with Gasteiger partial charge in [-0.3, -0.25) is 19.4 Å². The Morgan fingerprint density at radius 2 is 1.96 bits per heavy atom. The number of hydrogen-bond acceptors (Lipinski definition) is 4. The van der Waals surface area contributed by atoms with E-state index < -0.39 is 0 Å². The van der Waals surface area contributed by atoms with Crippen LogP contribution in [-0.4, -0.2) is 43.0 Å². The molecule has 7 heteroatoms. The lowest BCUT2D eigenvalue weighted by atomic mass is 10.2. The number of rotatable bonds is 5. The van der Waals surface area contributed by atoms with Crippen LogP contribution in [0.5, 0.6) is 5.75 Å². The molecule has 0 spiro atoms. The molecule has 1 fully saturated rings. The quantitative estimate of drug-likeness (QED) is 0.838. The molecule has 2 aromatic carbocycles. The molecular formula is C21H22ClN3O3. The Morgan fingerprint density at radius 1 is 1.14 bits per heavy atom. The Bertz CT molecular complexity index is 896. The third-order valence-electron chi connectivity index (χ3n) is 4.98. The van der Waals surface area contributed by atoms with Gasteiger partial charge in [0.2, 0.25) is 5.91 Å². The summed E-state index contributed by atoms with van der Waals surface area (Å²) in [5.74, 6) is 0.0107. The molecule has 28 heavy (non-hydrogen) atoms. The number of ether oxygens (including phenoxy) is 1. The SMILES string of the molecule is O=C(CN1C(=O)COc2ccc(Cl)cc21)Nc1cccc(CN2CCCC2)c1. The van der Waals surface area contributed by atoms with Gasteiger partial charge in [0.1, 0.15) is 12.3 Å². The first-order valence-electron chi connectivity index (χ1n) is 9.42. The minimum atomic E-state index is -0.271. The van der Waals surface area contributed by atoms with Crippen molar-refractivity contribution in [1.29, 1.82) is 0 Å². The van der Waals surface area contributed by atoms with Crippen LogP contribution >= 0.6 is 11.6 Å². The molecule has 2 aromatic rings. The van der Waals surface area contributed by atoms with Gasteiger partial charge in [-0.2, -0.15) is 0 Å². The van der Waals surface area contributed by atoms with E-state index in [4.69, 9.17) is 16.3 Å². The molecule has 0 unspecified atom stereocenters. The first kappa shape index (κ1) is 18.8. The van der Waals surface area contributed by atoms with Crippen LogP contribution in [0.3, 0.4) is 0 Å². The molecule has 0 bridgehead atoms. The summed E-state index contributed by atoms with van der Waals surface area (Å²) in [7, 11) is 0. The number of fused-ring (bicyclic) bond motifs is 1. The van der Waals surface area contributed by atoms with Gasteiger partial charge in [0.15, 0.2) is 6.61 Å². The number of halogens is 1. The molecule has 0 saturated carbocycles. The monoisotopic (exact) mass is 399 g/mol. The first-order chi connectivity index (χ1) is 13.6. The molecule has 4 rings (SSSR count). The second kappa shape index (κ2) is 8.20. The van der Waals surface area contributed by atoms with E-state index in [9.17, 15) is 9.59 Å². The molecule has 6 nitrogen and oxygen atoms in total. The van der Waals surface area contributed by atoms with Crippen molar-refractivity contribution in [1.82, 2.24) is 4.90 Å². The zero-order valence-electron chi connectivity index (χ0n) is 15.5. The molecule has 0 atom stereocenters. The summed E-state index contributed by atoms with van der Waals surface area (Å²) < 4.78 is 5.41. The highest BCUT2D eigenvalue weighted by Gasteiger charge is 2.27. The summed E-state index contributed by atoms with van der Waals surface area (Å²) >= 11 is 6.05. The Hall–Kier alpha value is -2.57. The summed E-state index contributed by atoms with van der Waals surface area (Å²) in [5, 5.41) is 3.38. The van der Waals surface area contributed by atoms with Crippen LogP contribution in [0.1, 0.15) is 18.4 Å². The number of carbonyl (C=O) groups excluding carboxylic acids is 2. The summed E-state index contributed by atoms with van der Waals surface area (Å²) in [6.45, 7) is 2.95. The maximum Gasteiger partial charge on any atom is 0.265 e. The van der Waals surface area contributed by atoms with E-state index in [2.05, 4.69) is 16.3 Å². The smallest absolute Gasteiger partial charge is 0.265 e. The number of amides is 2. The van der Waals surface area contributed by atoms with Gasteiger partial charge in [-0.05, 0) is 61.8 Å². The summed E-state index contributed by atoms with van der Waals surface area (Å²) in [5.41, 5.74) is 2.41. The maximum atomic E-state index is 12.6. The lowest BCUT2D eigenvalue weighted by molar-refractivity contribution is -0.123. The maximum absolute atomic E-state index is 12.6. The molecule has 2 aliphatic rings. The van der Waals surface area contributed by atoms with Gasteiger partial charge in [0, 0.05) is 17.3 Å². The second-order valence-electron chi connectivity index (χ2n) is 7.11.